The molecule has 7 heteroatoms. The average Bonchev–Trinajstić information content (AvgIpc) is 3.04. The van der Waals surface area contributed by atoms with Crippen LogP contribution >= 0.6 is 0 Å². The molecule has 0 bridgehead atoms. The quantitative estimate of drug-likeness (QED) is 0.686. The summed E-state index contributed by atoms with van der Waals surface area (Å²) < 4.78 is 6.87. The molecule has 28 heavy (non-hydrogen) atoms. The van der Waals surface area contributed by atoms with E-state index in [0.717, 1.165) is 12.0 Å². The summed E-state index contributed by atoms with van der Waals surface area (Å²) in [4.78, 5) is 30.1. The molecule has 3 rings (SSSR count). The first kappa shape index (κ1) is 19.4. The van der Waals surface area contributed by atoms with Gasteiger partial charge in [-0.15, -0.1) is 0 Å². The average molecular weight is 380 g/mol. The Hall–Kier alpha value is -3.35. The fourth-order valence-electron chi connectivity index (χ4n) is 2.79. The molecule has 2 aromatic heterocycles. The number of aryl methyl sites for hydroxylation is 1. The number of carbonyl (C=O) groups is 2. The largest absolute Gasteiger partial charge is 0.497 e. The number of carbonyl (C=O) groups excluding carboxylic acids is 2. The van der Waals surface area contributed by atoms with E-state index in [9.17, 15) is 9.59 Å². The Morgan fingerprint density at radius 2 is 2.00 bits per heavy atom. The molecule has 2 heterocycles. The summed E-state index contributed by atoms with van der Waals surface area (Å²) in [5.74, 6) is 0.150. The van der Waals surface area contributed by atoms with Crippen LogP contribution in [0.3, 0.4) is 0 Å². The van der Waals surface area contributed by atoms with Gasteiger partial charge in [0.25, 0.3) is 11.8 Å². The maximum Gasteiger partial charge on any atom is 0.272 e. The number of amides is 2. The SMILES string of the molecule is CCC(C)NC(=O)c1c(NC(=O)c2cccc(OC)c2)nc2ccc(C)cn12. The molecule has 0 radical (unpaired) electrons. The Kier molecular flexibility index (Phi) is 5.63. The van der Waals surface area contributed by atoms with E-state index in [1.165, 1.54) is 0 Å². The maximum absolute atomic E-state index is 12.9. The van der Waals surface area contributed by atoms with Crippen molar-refractivity contribution in [2.75, 3.05) is 12.4 Å². The summed E-state index contributed by atoms with van der Waals surface area (Å²) in [7, 11) is 1.54. The van der Waals surface area contributed by atoms with Crippen LogP contribution in [0, 0.1) is 6.92 Å². The van der Waals surface area contributed by atoms with Crippen LogP contribution in [-0.4, -0.2) is 34.4 Å². The molecule has 0 fully saturated rings. The highest BCUT2D eigenvalue weighted by atomic mass is 16.5. The van der Waals surface area contributed by atoms with Gasteiger partial charge in [-0.05, 0) is 50.1 Å². The smallest absolute Gasteiger partial charge is 0.272 e. The number of aromatic nitrogens is 2. The molecule has 0 aliphatic heterocycles. The lowest BCUT2D eigenvalue weighted by Crippen LogP contribution is -2.33. The summed E-state index contributed by atoms with van der Waals surface area (Å²) in [5.41, 5.74) is 2.28. The van der Waals surface area contributed by atoms with Crippen LogP contribution < -0.4 is 15.4 Å². The predicted molar refractivity (Wildman–Crippen MR) is 108 cm³/mol. The number of hydrogen-bond acceptors (Lipinski definition) is 4. The van der Waals surface area contributed by atoms with Gasteiger partial charge in [-0.1, -0.05) is 19.1 Å². The van der Waals surface area contributed by atoms with E-state index in [0.29, 0.717) is 22.7 Å². The summed E-state index contributed by atoms with van der Waals surface area (Å²) in [6.07, 6.45) is 2.63. The highest BCUT2D eigenvalue weighted by molar-refractivity contribution is 6.08. The number of fused-ring (bicyclic) bond motifs is 1. The van der Waals surface area contributed by atoms with Gasteiger partial charge in [-0.2, -0.15) is 0 Å². The number of methoxy groups -OCH3 is 1. The predicted octanol–water partition coefficient (Wildman–Crippen LogP) is 3.43. The van der Waals surface area contributed by atoms with Gasteiger partial charge in [0, 0.05) is 17.8 Å². The lowest BCUT2D eigenvalue weighted by atomic mass is 10.2. The topological polar surface area (TPSA) is 84.7 Å². The van der Waals surface area contributed by atoms with E-state index >= 15 is 0 Å². The van der Waals surface area contributed by atoms with E-state index in [2.05, 4.69) is 15.6 Å². The fraction of sp³-hybridized carbons (Fsp3) is 0.286. The van der Waals surface area contributed by atoms with Crippen molar-refractivity contribution in [1.29, 1.82) is 0 Å². The number of rotatable bonds is 6. The number of nitrogens with zero attached hydrogens (tertiary/aromatic N) is 2. The molecule has 146 valence electrons. The number of hydrogen-bond donors (Lipinski definition) is 2. The van der Waals surface area contributed by atoms with Gasteiger partial charge in [0.2, 0.25) is 0 Å². The standard InChI is InChI=1S/C21H24N4O3/c1-5-14(3)22-21(27)18-19(23-17-10-9-13(2)12-25(17)18)24-20(26)15-7-6-8-16(11-15)28-4/h6-12,14H,5H2,1-4H3,(H,22,27)(H,24,26). The minimum atomic E-state index is -0.364. The number of imidazole rings is 1. The minimum Gasteiger partial charge on any atom is -0.497 e. The summed E-state index contributed by atoms with van der Waals surface area (Å²) in [6.45, 7) is 5.86. The van der Waals surface area contributed by atoms with Crippen LogP contribution in [0.5, 0.6) is 5.75 Å². The van der Waals surface area contributed by atoms with Crippen LogP contribution in [0.1, 0.15) is 46.7 Å². The molecule has 1 aromatic carbocycles. The van der Waals surface area contributed by atoms with Crippen molar-refractivity contribution in [1.82, 2.24) is 14.7 Å². The van der Waals surface area contributed by atoms with E-state index < -0.39 is 0 Å². The first-order chi connectivity index (χ1) is 13.4. The second-order valence-electron chi connectivity index (χ2n) is 6.71. The van der Waals surface area contributed by atoms with Crippen molar-refractivity contribution in [3.8, 4) is 5.75 Å². The highest BCUT2D eigenvalue weighted by Crippen LogP contribution is 2.21. The molecule has 0 spiro atoms. The number of ether oxygens (including phenoxy) is 1. The van der Waals surface area contributed by atoms with E-state index in [1.54, 1.807) is 35.8 Å². The first-order valence-corrected chi connectivity index (χ1v) is 9.18. The molecule has 0 aliphatic carbocycles. The van der Waals surface area contributed by atoms with Gasteiger partial charge in [0.15, 0.2) is 11.5 Å². The summed E-state index contributed by atoms with van der Waals surface area (Å²) >= 11 is 0. The third-order valence-electron chi connectivity index (χ3n) is 4.54. The highest BCUT2D eigenvalue weighted by Gasteiger charge is 2.22. The third-order valence-corrected chi connectivity index (χ3v) is 4.54. The number of anilines is 1. The molecular weight excluding hydrogens is 356 g/mol. The minimum absolute atomic E-state index is 0.00444. The normalized spacial score (nSPS) is 11.9. The van der Waals surface area contributed by atoms with Gasteiger partial charge >= 0.3 is 0 Å². The molecule has 0 aliphatic rings. The number of nitrogens with one attached hydrogen (secondary N) is 2. The van der Waals surface area contributed by atoms with Gasteiger partial charge in [0.05, 0.1) is 7.11 Å². The Morgan fingerprint density at radius 1 is 1.21 bits per heavy atom. The monoisotopic (exact) mass is 380 g/mol. The lowest BCUT2D eigenvalue weighted by molar-refractivity contribution is 0.0934. The van der Waals surface area contributed by atoms with Crippen molar-refractivity contribution in [3.05, 3.63) is 59.4 Å². The lowest BCUT2D eigenvalue weighted by Gasteiger charge is -2.12. The third kappa shape index (κ3) is 3.98. The van der Waals surface area contributed by atoms with E-state index in [1.807, 2.05) is 39.1 Å². The molecule has 2 N–H and O–H groups in total. The van der Waals surface area contributed by atoms with Crippen molar-refractivity contribution in [2.24, 2.45) is 0 Å². The first-order valence-electron chi connectivity index (χ1n) is 9.18. The summed E-state index contributed by atoms with van der Waals surface area (Å²) in [6, 6.07) is 10.5. The van der Waals surface area contributed by atoms with Gasteiger partial charge < -0.3 is 15.4 Å². The van der Waals surface area contributed by atoms with Crippen LogP contribution in [0.2, 0.25) is 0 Å². The van der Waals surface area contributed by atoms with Gasteiger partial charge in [-0.3, -0.25) is 14.0 Å². The van der Waals surface area contributed by atoms with Crippen molar-refractivity contribution in [2.45, 2.75) is 33.2 Å². The van der Waals surface area contributed by atoms with Gasteiger partial charge in [0.1, 0.15) is 11.4 Å². The van der Waals surface area contributed by atoms with Crippen LogP contribution in [-0.2, 0) is 0 Å². The Bertz CT molecular complexity index is 1030. The van der Waals surface area contributed by atoms with Crippen LogP contribution in [0.4, 0.5) is 5.82 Å². The second kappa shape index (κ2) is 8.12. The Balaban J connectivity index is 2.00. The molecule has 1 unspecified atom stereocenters. The van der Waals surface area contributed by atoms with E-state index in [4.69, 9.17) is 4.74 Å². The van der Waals surface area contributed by atoms with Crippen molar-refractivity contribution >= 4 is 23.3 Å². The van der Waals surface area contributed by atoms with Crippen molar-refractivity contribution in [3.63, 3.8) is 0 Å². The molecule has 3 aromatic rings. The second-order valence-corrected chi connectivity index (χ2v) is 6.71. The molecule has 1 atom stereocenters. The molecule has 0 saturated heterocycles. The molecular formula is C21H24N4O3. The Labute approximate surface area is 163 Å². The maximum atomic E-state index is 12.9. The molecule has 7 nitrogen and oxygen atoms in total. The zero-order valence-corrected chi connectivity index (χ0v) is 16.4. The van der Waals surface area contributed by atoms with Gasteiger partial charge in [-0.25, -0.2) is 4.98 Å². The van der Waals surface area contributed by atoms with Crippen LogP contribution in [0.25, 0.3) is 5.65 Å². The van der Waals surface area contributed by atoms with Crippen LogP contribution in [0.15, 0.2) is 42.6 Å². The zero-order valence-electron chi connectivity index (χ0n) is 16.4. The molecule has 2 amide bonds. The zero-order chi connectivity index (χ0) is 20.3. The van der Waals surface area contributed by atoms with E-state index in [-0.39, 0.29) is 23.7 Å². The van der Waals surface area contributed by atoms with Crippen molar-refractivity contribution < 1.29 is 14.3 Å². The Morgan fingerprint density at radius 3 is 2.71 bits per heavy atom. The number of benzene rings is 1. The molecule has 0 saturated carbocycles. The fourth-order valence-corrected chi connectivity index (χ4v) is 2.79. The number of pyridine rings is 1. The summed E-state index contributed by atoms with van der Waals surface area (Å²) in [5, 5.41) is 5.72.